The fraction of sp³-hybridized carbons (Fsp3) is 1.00. The molecule has 0 radical (unpaired) electrons. The molecule has 0 N–H and O–H groups in total. The maximum Gasteiger partial charge on any atom is 0.302 e. The number of hydrogen-bond acceptors (Lipinski definition) is 2. The number of rotatable bonds is 3. The van der Waals surface area contributed by atoms with Gasteiger partial charge in [-0.3, -0.25) is 0 Å². The van der Waals surface area contributed by atoms with Crippen LogP contribution in [0.2, 0.25) is 0 Å². The molecule has 0 spiro atoms. The van der Waals surface area contributed by atoms with Gasteiger partial charge in [-0.25, -0.2) is 0 Å². The van der Waals surface area contributed by atoms with Crippen molar-refractivity contribution in [1.82, 2.24) is 0 Å². The van der Waals surface area contributed by atoms with E-state index in [-0.39, 0.29) is 11.2 Å². The summed E-state index contributed by atoms with van der Waals surface area (Å²) in [5, 5.41) is 0. The van der Waals surface area contributed by atoms with E-state index in [4.69, 9.17) is 0 Å². The lowest BCUT2D eigenvalue weighted by molar-refractivity contribution is 0.347. The van der Waals surface area contributed by atoms with E-state index in [1.54, 1.807) is 0 Å². The Morgan fingerprint density at radius 1 is 1.45 bits per heavy atom. The van der Waals surface area contributed by atoms with Crippen molar-refractivity contribution in [3.8, 4) is 0 Å². The van der Waals surface area contributed by atoms with E-state index < -0.39 is 10.2 Å². The van der Waals surface area contributed by atoms with E-state index in [0.717, 1.165) is 12.8 Å². The largest absolute Gasteiger partial charge is 0.302 e. The second kappa shape index (κ2) is 2.44. The molecule has 0 aromatic rings. The second-order valence-corrected chi connectivity index (χ2v) is 5.31. The Labute approximate surface area is 67.0 Å². The van der Waals surface area contributed by atoms with Crippen molar-refractivity contribution in [2.45, 2.75) is 26.7 Å². The number of hydrogen-bond donors (Lipinski definition) is 0. The molecular weight excluding hydrogens is 167 g/mol. The molecule has 1 rings (SSSR count). The Morgan fingerprint density at radius 2 is 1.91 bits per heavy atom. The first-order valence-corrected chi connectivity index (χ1v) is 5.29. The predicted molar refractivity (Wildman–Crippen MR) is 41.4 cm³/mol. The molecule has 0 amide bonds. The molecule has 0 unspecified atom stereocenters. The van der Waals surface area contributed by atoms with E-state index in [1.807, 2.05) is 13.8 Å². The first-order chi connectivity index (χ1) is 4.81. The van der Waals surface area contributed by atoms with E-state index in [0.29, 0.717) is 5.92 Å². The van der Waals surface area contributed by atoms with Gasteiger partial charge in [0.1, 0.15) is 0 Å². The summed E-state index contributed by atoms with van der Waals surface area (Å²) in [6.45, 7) is 3.61. The minimum Gasteiger partial charge on any atom is -0.195 e. The van der Waals surface area contributed by atoms with Crippen LogP contribution in [0.5, 0.6) is 0 Å². The Kier molecular flexibility index (Phi) is 1.99. The summed E-state index contributed by atoms with van der Waals surface area (Å²) < 4.78 is 32.9. The van der Waals surface area contributed by atoms with Gasteiger partial charge in [-0.2, -0.15) is 8.42 Å². The fourth-order valence-corrected chi connectivity index (χ4v) is 2.55. The summed E-state index contributed by atoms with van der Waals surface area (Å²) in [5.41, 5.74) is -0.367. The highest BCUT2D eigenvalue weighted by atomic mass is 32.3. The molecule has 0 aliphatic heterocycles. The molecule has 1 aliphatic rings. The van der Waals surface area contributed by atoms with Crippen LogP contribution in [-0.2, 0) is 10.2 Å². The summed E-state index contributed by atoms with van der Waals surface area (Å²) >= 11 is 0. The Morgan fingerprint density at radius 3 is 2.18 bits per heavy atom. The van der Waals surface area contributed by atoms with Crippen LogP contribution in [0, 0.1) is 11.3 Å². The van der Waals surface area contributed by atoms with Gasteiger partial charge in [0.25, 0.3) is 0 Å². The van der Waals surface area contributed by atoms with Crippen molar-refractivity contribution in [3.05, 3.63) is 0 Å². The molecule has 11 heavy (non-hydrogen) atoms. The molecule has 1 saturated carbocycles. The third-order valence-corrected chi connectivity index (χ3v) is 3.32. The van der Waals surface area contributed by atoms with Crippen molar-refractivity contribution >= 4 is 10.2 Å². The molecule has 0 aromatic carbocycles. The zero-order chi connectivity index (χ0) is 8.70. The van der Waals surface area contributed by atoms with Gasteiger partial charge in [-0.05, 0) is 24.2 Å². The topological polar surface area (TPSA) is 34.1 Å². The van der Waals surface area contributed by atoms with Crippen LogP contribution < -0.4 is 0 Å². The molecule has 66 valence electrons. The SMILES string of the molecule is CC(C)(CS(=O)(=O)F)C1CC1. The van der Waals surface area contributed by atoms with Crippen molar-refractivity contribution in [1.29, 1.82) is 0 Å². The van der Waals surface area contributed by atoms with Gasteiger partial charge in [0, 0.05) is 0 Å². The van der Waals surface area contributed by atoms with Gasteiger partial charge < -0.3 is 0 Å². The average Bonchev–Trinajstić information content (AvgIpc) is 2.30. The second-order valence-electron chi connectivity index (χ2n) is 3.95. The van der Waals surface area contributed by atoms with Crippen molar-refractivity contribution in [2.24, 2.45) is 11.3 Å². The minimum atomic E-state index is -4.29. The van der Waals surface area contributed by atoms with Crippen LogP contribution in [0.1, 0.15) is 26.7 Å². The van der Waals surface area contributed by atoms with Gasteiger partial charge in [0.05, 0.1) is 5.75 Å². The molecule has 0 heterocycles. The van der Waals surface area contributed by atoms with Crippen molar-refractivity contribution in [3.63, 3.8) is 0 Å². The van der Waals surface area contributed by atoms with Crippen molar-refractivity contribution in [2.75, 3.05) is 5.75 Å². The highest BCUT2D eigenvalue weighted by Crippen LogP contribution is 2.45. The standard InChI is InChI=1S/C7H13FO2S/c1-7(2,6-3-4-6)5-11(8,9)10/h6H,3-5H2,1-2H3. The van der Waals surface area contributed by atoms with Crippen LogP contribution in [0.15, 0.2) is 0 Å². The highest BCUT2D eigenvalue weighted by Gasteiger charge is 2.40. The molecular formula is C7H13FO2S. The van der Waals surface area contributed by atoms with Gasteiger partial charge in [0.15, 0.2) is 0 Å². The Bertz CT molecular complexity index is 239. The van der Waals surface area contributed by atoms with E-state index in [1.165, 1.54) is 0 Å². The van der Waals surface area contributed by atoms with Crippen LogP contribution in [0.4, 0.5) is 3.89 Å². The van der Waals surface area contributed by atoms with Crippen molar-refractivity contribution < 1.29 is 12.3 Å². The third kappa shape index (κ3) is 2.77. The number of halogens is 1. The van der Waals surface area contributed by atoms with Gasteiger partial charge in [-0.1, -0.05) is 13.8 Å². The molecule has 4 heteroatoms. The summed E-state index contributed by atoms with van der Waals surface area (Å²) in [5.74, 6) is 0.0815. The maximum absolute atomic E-state index is 12.2. The highest BCUT2D eigenvalue weighted by molar-refractivity contribution is 7.86. The molecule has 1 aliphatic carbocycles. The minimum absolute atomic E-state index is 0.329. The van der Waals surface area contributed by atoms with Crippen LogP contribution >= 0.6 is 0 Å². The van der Waals surface area contributed by atoms with Gasteiger partial charge in [-0.15, -0.1) is 3.89 Å². The lowest BCUT2D eigenvalue weighted by Crippen LogP contribution is -2.23. The van der Waals surface area contributed by atoms with Crippen LogP contribution in [0.3, 0.4) is 0 Å². The zero-order valence-electron chi connectivity index (χ0n) is 6.80. The third-order valence-electron chi connectivity index (χ3n) is 2.23. The normalized spacial score (nSPS) is 20.3. The van der Waals surface area contributed by atoms with Crippen LogP contribution in [0.25, 0.3) is 0 Å². The quantitative estimate of drug-likeness (QED) is 0.620. The molecule has 0 bridgehead atoms. The summed E-state index contributed by atoms with van der Waals surface area (Å²) in [6, 6.07) is 0. The Balaban J connectivity index is 2.59. The molecule has 0 aromatic heterocycles. The van der Waals surface area contributed by atoms with Gasteiger partial charge >= 0.3 is 10.2 Å². The fourth-order valence-electron chi connectivity index (χ4n) is 1.43. The molecule has 2 nitrogen and oxygen atoms in total. The van der Waals surface area contributed by atoms with Gasteiger partial charge in [0.2, 0.25) is 0 Å². The van der Waals surface area contributed by atoms with Crippen LogP contribution in [-0.4, -0.2) is 14.2 Å². The predicted octanol–water partition coefficient (Wildman–Crippen LogP) is 1.72. The van der Waals surface area contributed by atoms with E-state index >= 15 is 0 Å². The summed E-state index contributed by atoms with van der Waals surface area (Å²) in [6.07, 6.45) is 2.09. The summed E-state index contributed by atoms with van der Waals surface area (Å²) in [7, 11) is -4.29. The summed E-state index contributed by atoms with van der Waals surface area (Å²) in [4.78, 5) is 0. The maximum atomic E-state index is 12.2. The first kappa shape index (κ1) is 8.97. The average molecular weight is 180 g/mol. The molecule has 0 saturated heterocycles. The first-order valence-electron chi connectivity index (χ1n) is 3.74. The van der Waals surface area contributed by atoms with E-state index in [2.05, 4.69) is 0 Å². The monoisotopic (exact) mass is 180 g/mol. The lowest BCUT2D eigenvalue weighted by atomic mass is 9.90. The Hall–Kier alpha value is -0.120. The molecule has 0 atom stereocenters. The lowest BCUT2D eigenvalue weighted by Gasteiger charge is -2.21. The molecule has 1 fully saturated rings. The zero-order valence-corrected chi connectivity index (χ0v) is 7.62. The van der Waals surface area contributed by atoms with E-state index in [9.17, 15) is 12.3 Å². The smallest absolute Gasteiger partial charge is 0.195 e.